The molecule has 7 nitrogen and oxygen atoms in total. The molecule has 4 N–H and O–H groups in total. The third kappa shape index (κ3) is 4.68. The van der Waals surface area contributed by atoms with E-state index in [0.717, 1.165) is 0 Å². The lowest BCUT2D eigenvalue weighted by molar-refractivity contribution is 0.335. The Kier molecular flexibility index (Phi) is 4.61. The van der Waals surface area contributed by atoms with E-state index in [0.29, 0.717) is 5.56 Å². The highest BCUT2D eigenvalue weighted by Crippen LogP contribution is 2.61. The van der Waals surface area contributed by atoms with Crippen LogP contribution in [0.1, 0.15) is 12.0 Å². The largest absolute Gasteiger partial charge is 0.340 e. The molecule has 0 amide bonds. The number of aromatic nitrogens is 1. The van der Waals surface area contributed by atoms with Crippen molar-refractivity contribution in [1.29, 1.82) is 0 Å². The third-order valence-electron chi connectivity index (χ3n) is 2.19. The standard InChI is InChI=1S/C8H13NO6P2/c10-16(11,12)8(17(13,14)15)4-3-7-2-1-5-9-6-7/h1-2,5-6,8H,3-4H2,(H2,10,11,12)(H2,13,14,15). The molecule has 0 spiro atoms. The maximum atomic E-state index is 11.0. The van der Waals surface area contributed by atoms with Crippen molar-refractivity contribution in [3.63, 3.8) is 0 Å². The molecule has 0 saturated heterocycles. The fraction of sp³-hybridized carbons (Fsp3) is 0.375. The van der Waals surface area contributed by atoms with E-state index in [1.807, 2.05) is 0 Å². The third-order valence-corrected chi connectivity index (χ3v) is 6.06. The second-order valence-corrected chi connectivity index (χ2v) is 7.57. The molecular weight excluding hydrogens is 268 g/mol. The van der Waals surface area contributed by atoms with Crippen LogP contribution >= 0.6 is 15.2 Å². The van der Waals surface area contributed by atoms with Gasteiger partial charge in [0.25, 0.3) is 0 Å². The van der Waals surface area contributed by atoms with E-state index in [1.165, 1.54) is 12.4 Å². The summed E-state index contributed by atoms with van der Waals surface area (Å²) in [6.45, 7) is 0. The van der Waals surface area contributed by atoms with Crippen molar-refractivity contribution in [3.8, 4) is 0 Å². The smallest absolute Gasteiger partial charge is 0.324 e. The SMILES string of the molecule is O=P(O)(O)C(CCc1cccnc1)P(=O)(O)O. The zero-order chi connectivity index (χ0) is 13.1. The molecule has 1 aromatic heterocycles. The summed E-state index contributed by atoms with van der Waals surface area (Å²) in [5, 5.41) is -1.95. The van der Waals surface area contributed by atoms with Crippen molar-refractivity contribution in [1.82, 2.24) is 4.98 Å². The van der Waals surface area contributed by atoms with Gasteiger partial charge in [0, 0.05) is 12.4 Å². The highest BCUT2D eigenvalue weighted by molar-refractivity contribution is 7.70. The molecule has 9 heteroatoms. The summed E-state index contributed by atoms with van der Waals surface area (Å²) in [6, 6.07) is 3.31. The summed E-state index contributed by atoms with van der Waals surface area (Å²) in [7, 11) is -9.64. The van der Waals surface area contributed by atoms with E-state index in [-0.39, 0.29) is 12.8 Å². The predicted octanol–water partition coefficient (Wildman–Crippen LogP) is 0.696. The van der Waals surface area contributed by atoms with Gasteiger partial charge >= 0.3 is 15.2 Å². The van der Waals surface area contributed by atoms with Gasteiger partial charge in [-0.15, -0.1) is 0 Å². The van der Waals surface area contributed by atoms with Crippen LogP contribution in [0.2, 0.25) is 0 Å². The number of aryl methyl sites for hydroxylation is 1. The van der Waals surface area contributed by atoms with E-state index in [2.05, 4.69) is 4.98 Å². The minimum Gasteiger partial charge on any atom is -0.324 e. The van der Waals surface area contributed by atoms with Gasteiger partial charge in [-0.1, -0.05) is 6.07 Å². The predicted molar refractivity (Wildman–Crippen MR) is 60.4 cm³/mol. The first kappa shape index (κ1) is 14.5. The Balaban J connectivity index is 2.77. The Morgan fingerprint density at radius 1 is 1.18 bits per heavy atom. The van der Waals surface area contributed by atoms with Gasteiger partial charge in [-0.2, -0.15) is 0 Å². The van der Waals surface area contributed by atoms with Gasteiger partial charge in [0.1, 0.15) is 0 Å². The lowest BCUT2D eigenvalue weighted by Gasteiger charge is -2.19. The van der Waals surface area contributed by atoms with Gasteiger partial charge in [0.2, 0.25) is 0 Å². The van der Waals surface area contributed by atoms with Crippen LogP contribution in [-0.4, -0.2) is 30.0 Å². The van der Waals surface area contributed by atoms with Crippen molar-refractivity contribution in [2.45, 2.75) is 18.2 Å². The minimum atomic E-state index is -4.82. The van der Waals surface area contributed by atoms with Gasteiger partial charge in [-0.25, -0.2) is 0 Å². The van der Waals surface area contributed by atoms with Crippen LogP contribution in [0.3, 0.4) is 0 Å². The van der Waals surface area contributed by atoms with E-state index < -0.39 is 20.6 Å². The summed E-state index contributed by atoms with van der Waals surface area (Å²) in [5.74, 6) is 0. The van der Waals surface area contributed by atoms with E-state index in [1.54, 1.807) is 12.1 Å². The molecule has 96 valence electrons. The molecule has 0 unspecified atom stereocenters. The van der Waals surface area contributed by atoms with Crippen LogP contribution in [0.15, 0.2) is 24.5 Å². The molecule has 0 bridgehead atoms. The van der Waals surface area contributed by atoms with Gasteiger partial charge in [0.05, 0.1) is 0 Å². The van der Waals surface area contributed by atoms with E-state index in [9.17, 15) is 9.13 Å². The number of hydrogen-bond acceptors (Lipinski definition) is 3. The van der Waals surface area contributed by atoms with Crippen LogP contribution < -0.4 is 0 Å². The fourth-order valence-corrected chi connectivity index (χ4v) is 3.87. The number of rotatable bonds is 5. The molecule has 0 aliphatic heterocycles. The molecule has 1 aromatic rings. The number of pyridine rings is 1. The summed E-state index contributed by atoms with van der Waals surface area (Å²) < 4.78 is 22.0. The van der Waals surface area contributed by atoms with Crippen molar-refractivity contribution in [2.24, 2.45) is 0 Å². The molecule has 0 radical (unpaired) electrons. The molecule has 1 heterocycles. The molecule has 17 heavy (non-hydrogen) atoms. The second-order valence-electron chi connectivity index (χ2n) is 3.56. The van der Waals surface area contributed by atoms with Crippen LogP contribution in [0, 0.1) is 0 Å². The Morgan fingerprint density at radius 2 is 1.76 bits per heavy atom. The van der Waals surface area contributed by atoms with Crippen molar-refractivity contribution >= 4 is 15.2 Å². The average molecular weight is 281 g/mol. The number of hydrogen-bond donors (Lipinski definition) is 4. The fourth-order valence-electron chi connectivity index (χ4n) is 1.37. The average Bonchev–Trinajstić information content (AvgIpc) is 2.15. The Morgan fingerprint density at radius 3 is 2.18 bits per heavy atom. The monoisotopic (exact) mass is 281 g/mol. The zero-order valence-corrected chi connectivity index (χ0v) is 10.5. The lowest BCUT2D eigenvalue weighted by atomic mass is 10.2. The Labute approximate surface area is 97.8 Å². The molecule has 0 saturated carbocycles. The van der Waals surface area contributed by atoms with Gasteiger partial charge in [-0.05, 0) is 24.5 Å². The van der Waals surface area contributed by atoms with Crippen LogP contribution in [0.4, 0.5) is 0 Å². The number of nitrogens with zero attached hydrogens (tertiary/aromatic N) is 1. The quantitative estimate of drug-likeness (QED) is 0.584. The van der Waals surface area contributed by atoms with Crippen molar-refractivity contribution < 1.29 is 28.7 Å². The van der Waals surface area contributed by atoms with E-state index in [4.69, 9.17) is 19.6 Å². The Bertz CT molecular complexity index is 430. The first-order valence-corrected chi connectivity index (χ1v) is 8.07. The van der Waals surface area contributed by atoms with Crippen molar-refractivity contribution in [2.75, 3.05) is 0 Å². The molecular formula is C8H13NO6P2. The summed E-state index contributed by atoms with van der Waals surface area (Å²) >= 11 is 0. The van der Waals surface area contributed by atoms with Crippen molar-refractivity contribution in [3.05, 3.63) is 30.1 Å². The first-order chi connectivity index (χ1) is 7.71. The molecule has 1 rings (SSSR count). The summed E-state index contributed by atoms with van der Waals surface area (Å²) in [5.41, 5.74) is 0.666. The maximum Gasteiger partial charge on any atom is 0.340 e. The van der Waals surface area contributed by atoms with Crippen LogP contribution in [0.25, 0.3) is 0 Å². The normalized spacial score (nSPS) is 13.0. The lowest BCUT2D eigenvalue weighted by Crippen LogP contribution is -2.10. The zero-order valence-electron chi connectivity index (χ0n) is 8.75. The Hall–Kier alpha value is -0.550. The van der Waals surface area contributed by atoms with Gasteiger partial charge in [-0.3, -0.25) is 14.1 Å². The topological polar surface area (TPSA) is 128 Å². The maximum absolute atomic E-state index is 11.0. The van der Waals surface area contributed by atoms with Crippen LogP contribution in [0.5, 0.6) is 0 Å². The molecule has 0 fully saturated rings. The second kappa shape index (κ2) is 5.40. The molecule has 0 aliphatic carbocycles. The van der Waals surface area contributed by atoms with Gasteiger partial charge < -0.3 is 19.6 Å². The van der Waals surface area contributed by atoms with Gasteiger partial charge in [0.15, 0.2) is 5.40 Å². The van der Waals surface area contributed by atoms with E-state index >= 15 is 0 Å². The highest BCUT2D eigenvalue weighted by Gasteiger charge is 2.42. The summed E-state index contributed by atoms with van der Waals surface area (Å²) in [6.07, 6.45) is 2.87. The molecule has 0 aromatic carbocycles. The molecule has 0 aliphatic rings. The molecule has 0 atom stereocenters. The summed E-state index contributed by atoms with van der Waals surface area (Å²) in [4.78, 5) is 39.4. The minimum absolute atomic E-state index is 0.148. The van der Waals surface area contributed by atoms with Crippen LogP contribution in [-0.2, 0) is 15.6 Å². The highest BCUT2D eigenvalue weighted by atomic mass is 31.2. The first-order valence-electron chi connectivity index (χ1n) is 4.70.